The normalized spacial score (nSPS) is 38.8. The first-order valence-corrected chi connectivity index (χ1v) is 3.54. The number of carbonyl (C=O) groups is 1. The molecule has 0 bridgehead atoms. The van der Waals surface area contributed by atoms with Gasteiger partial charge in [0.2, 0.25) is 0 Å². The van der Waals surface area contributed by atoms with E-state index in [-0.39, 0.29) is 12.8 Å². The number of carboxylic acids is 1. The topological polar surface area (TPSA) is 49.3 Å². The molecule has 5 heteroatoms. The molecular formula is C5H9FNO2P. The Hall–Kier alpha value is -0.210. The number of alkyl halides is 1. The highest BCUT2D eigenvalue weighted by molar-refractivity contribution is 7.13. The van der Waals surface area contributed by atoms with Crippen molar-refractivity contribution in [1.29, 1.82) is 0 Å². The third-order valence-electron chi connectivity index (χ3n) is 1.83. The molecule has 0 amide bonds. The van der Waals surface area contributed by atoms with Gasteiger partial charge in [-0.3, -0.25) is 9.88 Å². The van der Waals surface area contributed by atoms with Gasteiger partial charge in [0.05, 0.1) is 0 Å². The van der Waals surface area contributed by atoms with Crippen LogP contribution in [-0.2, 0) is 4.79 Å². The number of carboxylic acid groups (broad SMARTS) is 1. The summed E-state index contributed by atoms with van der Waals surface area (Å²) in [6.45, 7) is 0. The second-order valence-electron chi connectivity index (χ2n) is 2.54. The summed E-state index contributed by atoms with van der Waals surface area (Å²) in [5.41, 5.74) is -1.01. The van der Waals surface area contributed by atoms with E-state index in [1.54, 1.807) is 0 Å². The second-order valence-corrected chi connectivity index (χ2v) is 2.83. The van der Waals surface area contributed by atoms with Gasteiger partial charge in [-0.15, -0.1) is 0 Å². The molecule has 2 N–H and O–H groups in total. The van der Waals surface area contributed by atoms with Crippen LogP contribution in [0.15, 0.2) is 0 Å². The van der Waals surface area contributed by atoms with Crippen LogP contribution in [0, 0.1) is 0 Å². The van der Waals surface area contributed by atoms with Crippen molar-refractivity contribution in [2.24, 2.45) is 0 Å². The fourth-order valence-corrected chi connectivity index (χ4v) is 1.41. The number of aliphatic carboxylic acids is 1. The highest BCUT2D eigenvalue weighted by Gasteiger charge is 2.49. The van der Waals surface area contributed by atoms with Gasteiger partial charge >= 0.3 is 5.97 Å². The molecule has 1 saturated carbocycles. The molecule has 0 saturated heterocycles. The van der Waals surface area contributed by atoms with E-state index in [1.165, 1.54) is 0 Å². The first kappa shape index (κ1) is 7.89. The molecule has 1 unspecified atom stereocenters. The summed E-state index contributed by atoms with van der Waals surface area (Å²) < 4.78 is 12.2. The summed E-state index contributed by atoms with van der Waals surface area (Å²) in [6, 6.07) is 0. The zero-order valence-electron chi connectivity index (χ0n) is 5.30. The van der Waals surface area contributed by atoms with Gasteiger partial charge in [-0.05, 0) is 0 Å². The Kier molecular flexibility index (Phi) is 1.92. The Morgan fingerprint density at radius 1 is 1.80 bits per heavy atom. The number of halogens is 1. The fourth-order valence-electron chi connectivity index (χ4n) is 1.05. The maximum absolute atomic E-state index is 12.2. The molecule has 0 radical (unpaired) electrons. The van der Waals surface area contributed by atoms with Crippen LogP contribution >= 0.6 is 9.39 Å². The van der Waals surface area contributed by atoms with Crippen molar-refractivity contribution in [1.82, 2.24) is 5.09 Å². The lowest BCUT2D eigenvalue weighted by molar-refractivity contribution is -0.150. The van der Waals surface area contributed by atoms with Crippen LogP contribution in [0.3, 0.4) is 0 Å². The molecule has 0 aromatic rings. The summed E-state index contributed by atoms with van der Waals surface area (Å²) >= 11 is 0. The van der Waals surface area contributed by atoms with Crippen molar-refractivity contribution in [3.63, 3.8) is 0 Å². The van der Waals surface area contributed by atoms with Gasteiger partial charge in [0.15, 0.2) is 0 Å². The smallest absolute Gasteiger partial charge is 0.324 e. The van der Waals surface area contributed by atoms with E-state index in [2.05, 4.69) is 14.5 Å². The lowest BCUT2D eigenvalue weighted by atomic mass is 9.76. The average Bonchev–Trinajstić information content (AvgIpc) is 1.79. The third-order valence-corrected chi connectivity index (χ3v) is 2.38. The minimum atomic E-state index is -1.01. The summed E-state index contributed by atoms with van der Waals surface area (Å²) in [6.07, 6.45) is -0.804. The van der Waals surface area contributed by atoms with Crippen LogP contribution in [0.2, 0.25) is 0 Å². The van der Waals surface area contributed by atoms with E-state index in [1.807, 2.05) is 0 Å². The van der Waals surface area contributed by atoms with E-state index in [9.17, 15) is 9.18 Å². The average molecular weight is 165 g/mol. The molecule has 1 rings (SSSR count). The molecule has 1 fully saturated rings. The van der Waals surface area contributed by atoms with Crippen molar-refractivity contribution in [2.45, 2.75) is 24.6 Å². The summed E-state index contributed by atoms with van der Waals surface area (Å²) in [5, 5.41) is 11.1. The van der Waals surface area contributed by atoms with Crippen LogP contribution in [-0.4, -0.2) is 22.8 Å². The second kappa shape index (κ2) is 2.44. The van der Waals surface area contributed by atoms with E-state index in [0.29, 0.717) is 0 Å². The highest BCUT2D eigenvalue weighted by atomic mass is 31.0. The predicted octanol–water partition coefficient (Wildman–Crippen LogP) is 0.321. The molecule has 10 heavy (non-hydrogen) atoms. The van der Waals surface area contributed by atoms with Gasteiger partial charge in [0.1, 0.15) is 11.7 Å². The quantitative estimate of drug-likeness (QED) is 0.579. The maximum Gasteiger partial charge on any atom is 0.324 e. The molecule has 3 nitrogen and oxygen atoms in total. The first-order valence-electron chi connectivity index (χ1n) is 2.96. The van der Waals surface area contributed by atoms with Gasteiger partial charge < -0.3 is 5.11 Å². The van der Waals surface area contributed by atoms with Gasteiger partial charge in [0.25, 0.3) is 0 Å². The van der Waals surface area contributed by atoms with Crippen LogP contribution in [0.4, 0.5) is 4.39 Å². The van der Waals surface area contributed by atoms with Crippen molar-refractivity contribution >= 4 is 15.4 Å². The SMILES string of the molecule is O=C(O)C1(NP)CC(F)C1. The van der Waals surface area contributed by atoms with Crippen LogP contribution in [0.1, 0.15) is 12.8 Å². The van der Waals surface area contributed by atoms with Crippen molar-refractivity contribution in [3.05, 3.63) is 0 Å². The summed E-state index contributed by atoms with van der Waals surface area (Å²) in [7, 11) is 2.11. The van der Waals surface area contributed by atoms with Crippen molar-refractivity contribution in [2.75, 3.05) is 0 Å². The number of rotatable bonds is 2. The zero-order chi connectivity index (χ0) is 7.78. The lowest BCUT2D eigenvalue weighted by Crippen LogP contribution is -2.58. The van der Waals surface area contributed by atoms with Crippen molar-refractivity contribution < 1.29 is 14.3 Å². The van der Waals surface area contributed by atoms with Gasteiger partial charge in [0, 0.05) is 12.8 Å². The summed E-state index contributed by atoms with van der Waals surface area (Å²) in [4.78, 5) is 10.4. The maximum atomic E-state index is 12.2. The Balaban J connectivity index is 2.56. The number of hydrogen-bond acceptors (Lipinski definition) is 2. The minimum Gasteiger partial charge on any atom is -0.480 e. The Morgan fingerprint density at radius 3 is 2.40 bits per heavy atom. The Morgan fingerprint density at radius 2 is 2.30 bits per heavy atom. The number of hydrogen-bond donors (Lipinski definition) is 2. The van der Waals surface area contributed by atoms with Crippen LogP contribution in [0.5, 0.6) is 0 Å². The first-order chi connectivity index (χ1) is 4.60. The molecule has 58 valence electrons. The van der Waals surface area contributed by atoms with Crippen LogP contribution in [0.25, 0.3) is 0 Å². The minimum absolute atomic E-state index is 0.0752. The Bertz CT molecular complexity index is 158. The largest absolute Gasteiger partial charge is 0.480 e. The number of nitrogens with one attached hydrogen (secondary N) is 1. The van der Waals surface area contributed by atoms with E-state index in [0.717, 1.165) is 0 Å². The lowest BCUT2D eigenvalue weighted by Gasteiger charge is -2.39. The highest BCUT2D eigenvalue weighted by Crippen LogP contribution is 2.35. The van der Waals surface area contributed by atoms with E-state index in [4.69, 9.17) is 5.11 Å². The molecule has 0 aromatic heterocycles. The summed E-state index contributed by atoms with van der Waals surface area (Å²) in [5.74, 6) is -0.976. The molecule has 0 aliphatic heterocycles. The molecule has 1 aliphatic carbocycles. The van der Waals surface area contributed by atoms with E-state index >= 15 is 0 Å². The molecule has 0 spiro atoms. The monoisotopic (exact) mass is 165 g/mol. The van der Waals surface area contributed by atoms with Gasteiger partial charge in [-0.2, -0.15) is 0 Å². The van der Waals surface area contributed by atoms with Crippen LogP contribution < -0.4 is 5.09 Å². The standard InChI is InChI=1S/C5H9FNO2P/c6-3-1-5(2-3,7-10)4(8)9/h3,7H,1-2,10H2,(H,8,9). The fraction of sp³-hybridized carbons (Fsp3) is 0.800. The van der Waals surface area contributed by atoms with Crippen molar-refractivity contribution in [3.8, 4) is 0 Å². The zero-order valence-corrected chi connectivity index (χ0v) is 6.46. The molecule has 1 atom stereocenters. The molecular weight excluding hydrogens is 156 g/mol. The third kappa shape index (κ3) is 1.02. The van der Waals surface area contributed by atoms with Gasteiger partial charge in [-0.25, -0.2) is 4.39 Å². The molecule has 0 aromatic carbocycles. The van der Waals surface area contributed by atoms with Gasteiger partial charge in [-0.1, -0.05) is 9.39 Å². The Labute approximate surface area is 60.3 Å². The molecule has 1 aliphatic rings. The predicted molar refractivity (Wildman–Crippen MR) is 37.3 cm³/mol. The molecule has 0 heterocycles. The van der Waals surface area contributed by atoms with E-state index < -0.39 is 17.7 Å².